The summed E-state index contributed by atoms with van der Waals surface area (Å²) in [5, 5.41) is 11.5. The molecule has 1 aliphatic carbocycles. The normalized spacial score (nSPS) is 23.1. The Morgan fingerprint density at radius 1 is 1.04 bits per heavy atom. The molecule has 1 N–H and O–H groups in total. The fourth-order valence-corrected chi connectivity index (χ4v) is 9.35. The van der Waals surface area contributed by atoms with Crippen LogP contribution in [0, 0.1) is 34.8 Å². The lowest BCUT2D eigenvalue weighted by atomic mass is 9.73. The molecule has 2 atom stereocenters. The minimum atomic E-state index is -5.02. The molecule has 3 aromatic carbocycles. The third-order valence-electron chi connectivity index (χ3n) is 12.2. The van der Waals surface area contributed by atoms with E-state index >= 15 is 8.78 Å². The summed E-state index contributed by atoms with van der Waals surface area (Å²) in [6.45, 7) is 4.63. The molecule has 4 aromatic rings. The molecule has 5 aliphatic rings. The summed E-state index contributed by atoms with van der Waals surface area (Å²) in [7, 11) is 0. The topological polar surface area (TPSA) is 91.3 Å². The number of amides is 1. The number of carbonyl (C=O) groups excluding carboxylic acids is 1. The van der Waals surface area contributed by atoms with Crippen LogP contribution in [0.5, 0.6) is 11.8 Å². The number of terminal acetylenes is 1. The number of likely N-dealkylation sites (tertiary alicyclic amines) is 1. The van der Waals surface area contributed by atoms with Crippen molar-refractivity contribution in [2.75, 3.05) is 57.4 Å². The predicted molar refractivity (Wildman–Crippen MR) is 190 cm³/mol. The van der Waals surface area contributed by atoms with Gasteiger partial charge < -0.3 is 29.3 Å². The average molecular weight is 748 g/mol. The van der Waals surface area contributed by atoms with E-state index in [0.29, 0.717) is 34.6 Å². The molecule has 0 radical (unpaired) electrons. The Balaban J connectivity index is 1.09. The maximum atomic E-state index is 17.1. The lowest BCUT2D eigenvalue weighted by Gasteiger charge is -2.53. The molecule has 282 valence electrons. The van der Waals surface area contributed by atoms with Gasteiger partial charge in [0.2, 0.25) is 0 Å². The number of carbonyl (C=O) groups is 1. The lowest BCUT2D eigenvalue weighted by molar-refractivity contribution is -0.188. The molecule has 1 spiro atoms. The minimum absolute atomic E-state index is 0.00111. The first-order valence-electron chi connectivity index (χ1n) is 18.4. The van der Waals surface area contributed by atoms with Crippen molar-refractivity contribution in [3.05, 3.63) is 53.6 Å². The number of aromatic hydroxyl groups is 1. The molecule has 5 fully saturated rings. The van der Waals surface area contributed by atoms with Crippen LogP contribution in [0.3, 0.4) is 0 Å². The quantitative estimate of drug-likeness (QED) is 0.171. The van der Waals surface area contributed by atoms with E-state index in [1.54, 1.807) is 23.1 Å². The molecule has 5 heterocycles. The Bertz CT molecular complexity index is 2210. The molecule has 1 aromatic heterocycles. The van der Waals surface area contributed by atoms with E-state index in [-0.39, 0.29) is 59.2 Å². The summed E-state index contributed by atoms with van der Waals surface area (Å²) >= 11 is 0. The maximum Gasteiger partial charge on any atom is 0.471 e. The molecule has 4 aliphatic heterocycles. The fraction of sp³-hybridized carbons (Fsp3) is 0.475. The van der Waals surface area contributed by atoms with E-state index in [1.807, 2.05) is 0 Å². The van der Waals surface area contributed by atoms with E-state index in [1.165, 1.54) is 12.1 Å². The minimum Gasteiger partial charge on any atom is -0.508 e. The van der Waals surface area contributed by atoms with Crippen LogP contribution in [0.1, 0.15) is 44.1 Å². The summed E-state index contributed by atoms with van der Waals surface area (Å²) in [5.74, 6) is -1.45. The Labute approximate surface area is 308 Å². The van der Waals surface area contributed by atoms with Crippen LogP contribution in [0.4, 0.5) is 27.8 Å². The van der Waals surface area contributed by atoms with E-state index in [9.17, 15) is 23.1 Å². The fourth-order valence-electron chi connectivity index (χ4n) is 9.35. The van der Waals surface area contributed by atoms with Crippen molar-refractivity contribution < 1.29 is 41.3 Å². The first kappa shape index (κ1) is 35.0. The predicted octanol–water partition coefficient (Wildman–Crippen LogP) is 6.43. The molecular formula is C40H38F5N5O4. The van der Waals surface area contributed by atoms with Crippen LogP contribution in [0.25, 0.3) is 32.8 Å². The molecule has 9 rings (SSSR count). The second-order valence-electron chi connectivity index (χ2n) is 15.9. The molecule has 14 heteroatoms. The van der Waals surface area contributed by atoms with E-state index in [0.717, 1.165) is 69.5 Å². The number of alkyl halides is 3. The number of rotatable bonds is 7. The third kappa shape index (κ3) is 5.96. The smallest absolute Gasteiger partial charge is 0.471 e. The highest BCUT2D eigenvalue weighted by molar-refractivity contribution is 6.04. The molecule has 9 nitrogen and oxygen atoms in total. The number of phenols is 1. The third-order valence-corrected chi connectivity index (χ3v) is 12.2. The van der Waals surface area contributed by atoms with Crippen molar-refractivity contribution in [1.29, 1.82) is 0 Å². The monoisotopic (exact) mass is 747 g/mol. The summed E-state index contributed by atoms with van der Waals surface area (Å²) in [5.41, 5.74) is -0.130. The highest BCUT2D eigenvalue weighted by Crippen LogP contribution is 2.50. The maximum absolute atomic E-state index is 17.1. The van der Waals surface area contributed by atoms with Crippen molar-refractivity contribution in [2.45, 2.75) is 56.8 Å². The van der Waals surface area contributed by atoms with Gasteiger partial charge in [0.05, 0.1) is 24.3 Å². The highest BCUT2D eigenvalue weighted by Gasteiger charge is 2.53. The molecule has 2 bridgehead atoms. The number of hydrogen-bond acceptors (Lipinski definition) is 8. The number of fused-ring (bicyclic) bond motifs is 4. The van der Waals surface area contributed by atoms with Gasteiger partial charge in [-0.3, -0.25) is 4.79 Å². The number of nitrogens with zero attached hydrogens (tertiary/aromatic N) is 5. The Hall–Kier alpha value is -4.74. The van der Waals surface area contributed by atoms with Gasteiger partial charge >= 0.3 is 18.1 Å². The van der Waals surface area contributed by atoms with Crippen LogP contribution in [-0.4, -0.2) is 102 Å². The number of aromatic nitrogens is 2. The molecule has 2 unspecified atom stereocenters. The van der Waals surface area contributed by atoms with Gasteiger partial charge in [0, 0.05) is 78.7 Å². The molecular weight excluding hydrogens is 709 g/mol. The summed E-state index contributed by atoms with van der Waals surface area (Å²) in [4.78, 5) is 26.6. The van der Waals surface area contributed by atoms with Crippen LogP contribution in [0.2, 0.25) is 0 Å². The van der Waals surface area contributed by atoms with Crippen molar-refractivity contribution in [1.82, 2.24) is 19.8 Å². The van der Waals surface area contributed by atoms with Crippen LogP contribution in [0.15, 0.2) is 36.4 Å². The number of ether oxygens (including phenoxy) is 2. The van der Waals surface area contributed by atoms with Gasteiger partial charge in [0.1, 0.15) is 22.9 Å². The first-order valence-corrected chi connectivity index (χ1v) is 18.4. The molecule has 1 saturated carbocycles. The zero-order chi connectivity index (χ0) is 37.6. The van der Waals surface area contributed by atoms with Crippen LogP contribution in [-0.2, 0) is 9.53 Å². The summed E-state index contributed by atoms with van der Waals surface area (Å²) < 4.78 is 86.0. The van der Waals surface area contributed by atoms with Crippen LogP contribution < -0.4 is 9.64 Å². The molecule has 54 heavy (non-hydrogen) atoms. The summed E-state index contributed by atoms with van der Waals surface area (Å²) in [6.07, 6.45) is 5.43. The number of hydrogen-bond donors (Lipinski definition) is 1. The average Bonchev–Trinajstić information content (AvgIpc) is 3.85. The largest absolute Gasteiger partial charge is 0.508 e. The Morgan fingerprint density at radius 3 is 2.43 bits per heavy atom. The number of anilines is 1. The molecule has 1 amide bonds. The Morgan fingerprint density at radius 2 is 1.76 bits per heavy atom. The van der Waals surface area contributed by atoms with Crippen LogP contribution >= 0.6 is 0 Å². The SMILES string of the molecule is C#Cc1cccc2cc(O)cc(-c3c(F)cc4c(N5CC6CCC(C5)N6C(=O)C(F)(F)F)nc(OCC5(CN6CC7(CCOCC7)C6)CC5)nc4c3F)c12. The first-order chi connectivity index (χ1) is 25.9. The highest BCUT2D eigenvalue weighted by atomic mass is 19.4. The number of benzene rings is 3. The summed E-state index contributed by atoms with van der Waals surface area (Å²) in [6, 6.07) is 7.13. The van der Waals surface area contributed by atoms with Gasteiger partial charge in [0.25, 0.3) is 0 Å². The van der Waals surface area contributed by atoms with Crippen molar-refractivity contribution >= 4 is 33.4 Å². The van der Waals surface area contributed by atoms with Crippen molar-refractivity contribution in [3.63, 3.8) is 0 Å². The second-order valence-corrected chi connectivity index (χ2v) is 15.9. The van der Waals surface area contributed by atoms with E-state index in [4.69, 9.17) is 15.9 Å². The van der Waals surface area contributed by atoms with Crippen molar-refractivity contribution in [2.24, 2.45) is 10.8 Å². The zero-order valence-corrected chi connectivity index (χ0v) is 29.4. The number of piperazine rings is 1. The van der Waals surface area contributed by atoms with E-state index in [2.05, 4.69) is 20.8 Å². The van der Waals surface area contributed by atoms with Gasteiger partial charge in [-0.2, -0.15) is 23.1 Å². The lowest BCUT2D eigenvalue weighted by Crippen LogP contribution is -2.59. The van der Waals surface area contributed by atoms with Gasteiger partial charge in [-0.1, -0.05) is 18.1 Å². The van der Waals surface area contributed by atoms with E-state index < -0.39 is 41.4 Å². The molecule has 4 saturated heterocycles. The number of halogens is 5. The zero-order valence-electron chi connectivity index (χ0n) is 29.4. The van der Waals surface area contributed by atoms with Crippen molar-refractivity contribution in [3.8, 4) is 35.2 Å². The van der Waals surface area contributed by atoms with Gasteiger partial charge in [-0.15, -0.1) is 6.42 Å². The van der Waals surface area contributed by atoms with Gasteiger partial charge in [0.15, 0.2) is 5.82 Å². The van der Waals surface area contributed by atoms with Gasteiger partial charge in [-0.05, 0) is 68.2 Å². The standard InChI is InChI=1S/C40H38F5N5O4/c1-2-23-4-3-5-24-14-27(51)15-28(31(23)24)32-30(41)16-29-34(33(32)42)46-37(54-22-39(8-9-39)21-48-19-38(20-48)10-12-53-13-11-38)47-35(29)49-17-25-6-7-26(18-49)50(25)36(52)40(43,44)45/h1,3-5,14-16,25-26,51H,6-13,17-22H2. The number of phenolic OH excluding ortho intramolecular Hbond substituents is 1. The Kier molecular flexibility index (Phi) is 8.21. The van der Waals surface area contributed by atoms with Gasteiger partial charge in [-0.25, -0.2) is 8.78 Å². The second kappa shape index (κ2) is 12.7.